The lowest BCUT2D eigenvalue weighted by atomic mass is 10.0. The minimum absolute atomic E-state index is 0.0118. The molecule has 2 unspecified atom stereocenters. The van der Waals surface area contributed by atoms with Crippen molar-refractivity contribution >= 4 is 11.9 Å². The number of nitrogens with one attached hydrogen (secondary N) is 1. The molecule has 0 aliphatic rings. The van der Waals surface area contributed by atoms with Crippen molar-refractivity contribution in [3.63, 3.8) is 0 Å². The summed E-state index contributed by atoms with van der Waals surface area (Å²) in [6.45, 7) is 4.93. The fraction of sp³-hybridized carbons (Fsp3) is 0.906. The van der Waals surface area contributed by atoms with E-state index in [4.69, 9.17) is 4.74 Å². The van der Waals surface area contributed by atoms with Gasteiger partial charge in [-0.25, -0.2) is 0 Å². The minimum Gasteiger partial charge on any atom is -0.466 e. The minimum atomic E-state index is -0.844. The first-order valence-corrected chi connectivity index (χ1v) is 41.8. The number of hydrogen-bond acceptors (Lipinski definition) is 5. The Bertz CT molecular complexity index is 1470. The Labute approximate surface area is 570 Å². The topological polar surface area (TPSA) is 95.9 Å². The fourth-order valence-corrected chi connectivity index (χ4v) is 13.3. The summed E-state index contributed by atoms with van der Waals surface area (Å²) >= 11 is 0. The van der Waals surface area contributed by atoms with Crippen LogP contribution in [0, 0.1) is 0 Å². The highest BCUT2D eigenvalue weighted by Gasteiger charge is 2.18. The number of aliphatic hydroxyl groups excluding tert-OH is 2. The van der Waals surface area contributed by atoms with E-state index in [1.165, 1.54) is 398 Å². The summed E-state index contributed by atoms with van der Waals surface area (Å²) in [7, 11) is 0. The molecule has 0 bridgehead atoms. The molecule has 0 aliphatic carbocycles. The molecule has 0 aliphatic heterocycles. The molecule has 0 rings (SSSR count). The number of carbonyl (C=O) groups is 2. The molecule has 2 atom stereocenters. The number of carbonyl (C=O) groups excluding carboxylic acids is 2. The number of allylic oxidation sites excluding steroid dienone is 5. The average molecular weight is 1280 g/mol. The number of ether oxygens (including phenoxy) is 1. The van der Waals surface area contributed by atoms with Crippen molar-refractivity contribution in [2.24, 2.45) is 0 Å². The van der Waals surface area contributed by atoms with Crippen LogP contribution < -0.4 is 5.32 Å². The molecule has 0 aromatic carbocycles. The van der Waals surface area contributed by atoms with E-state index in [2.05, 4.69) is 43.5 Å². The lowest BCUT2D eigenvalue weighted by Crippen LogP contribution is -2.45. The van der Waals surface area contributed by atoms with Crippen LogP contribution in [0.15, 0.2) is 36.5 Å². The summed E-state index contributed by atoms with van der Waals surface area (Å²) in [5.41, 5.74) is 0. The van der Waals surface area contributed by atoms with Crippen molar-refractivity contribution in [1.29, 1.82) is 0 Å². The van der Waals surface area contributed by atoms with Crippen molar-refractivity contribution in [1.82, 2.24) is 5.32 Å². The summed E-state index contributed by atoms with van der Waals surface area (Å²) < 4.78 is 5.48. The van der Waals surface area contributed by atoms with E-state index in [-0.39, 0.29) is 18.5 Å². The lowest BCUT2D eigenvalue weighted by molar-refractivity contribution is -0.143. The normalized spacial score (nSPS) is 12.6. The largest absolute Gasteiger partial charge is 0.466 e. The lowest BCUT2D eigenvalue weighted by Gasteiger charge is -2.20. The fourth-order valence-electron chi connectivity index (χ4n) is 13.3. The Kier molecular flexibility index (Phi) is 78.8. The summed E-state index contributed by atoms with van der Waals surface area (Å²) in [6.07, 6.45) is 106. The van der Waals surface area contributed by atoms with Crippen LogP contribution in [0.4, 0.5) is 0 Å². The van der Waals surface area contributed by atoms with E-state index in [1.807, 2.05) is 6.08 Å². The highest BCUT2D eigenvalue weighted by atomic mass is 16.5. The second kappa shape index (κ2) is 80.5. The van der Waals surface area contributed by atoms with Crippen LogP contribution in [-0.4, -0.2) is 47.4 Å². The molecular weight excluding hydrogens is 1110 g/mol. The third kappa shape index (κ3) is 77.0. The molecule has 91 heavy (non-hydrogen) atoms. The number of aliphatic hydroxyl groups is 2. The van der Waals surface area contributed by atoms with Gasteiger partial charge in [-0.15, -0.1) is 0 Å². The zero-order valence-electron chi connectivity index (χ0n) is 61.9. The third-order valence-electron chi connectivity index (χ3n) is 19.6. The first-order chi connectivity index (χ1) is 45.0. The summed E-state index contributed by atoms with van der Waals surface area (Å²) in [5.74, 6) is -0.0468. The van der Waals surface area contributed by atoms with Crippen LogP contribution in [-0.2, 0) is 14.3 Å². The second-order valence-corrected chi connectivity index (χ2v) is 28.8. The first-order valence-electron chi connectivity index (χ1n) is 41.8. The zero-order chi connectivity index (χ0) is 65.6. The maximum Gasteiger partial charge on any atom is 0.305 e. The molecule has 0 heterocycles. The standard InChI is InChI=1S/C85H163NO5/c1-3-5-7-9-11-13-15-17-18-19-20-21-22-36-39-42-45-48-51-54-57-61-65-69-73-77-83(88)82(81-87)86-84(89)78-74-70-66-62-58-55-52-49-46-43-40-37-34-32-30-28-26-24-23-25-27-29-31-33-35-38-41-44-47-50-53-56-60-64-68-72-76-80-91-85(90)79-75-71-67-63-59-16-14-12-10-8-6-4-2/h12,14,23,25,73,77,82-83,87-88H,3-11,13,15-22,24,26-72,74-76,78-81H2,1-2H3,(H,86,89)/b14-12-,25-23-,77-73+. The van der Waals surface area contributed by atoms with Crippen molar-refractivity contribution in [3.8, 4) is 0 Å². The van der Waals surface area contributed by atoms with Gasteiger partial charge in [0.15, 0.2) is 0 Å². The Hall–Kier alpha value is -1.92. The Morgan fingerprint density at radius 1 is 0.297 bits per heavy atom. The third-order valence-corrected chi connectivity index (χ3v) is 19.6. The van der Waals surface area contributed by atoms with Gasteiger partial charge in [0.1, 0.15) is 0 Å². The maximum atomic E-state index is 12.6. The number of esters is 1. The smallest absolute Gasteiger partial charge is 0.305 e. The molecule has 3 N–H and O–H groups in total. The van der Waals surface area contributed by atoms with Crippen LogP contribution in [0.25, 0.3) is 0 Å². The molecule has 0 aromatic heterocycles. The Morgan fingerprint density at radius 3 is 0.802 bits per heavy atom. The second-order valence-electron chi connectivity index (χ2n) is 28.8. The van der Waals surface area contributed by atoms with Crippen molar-refractivity contribution in [3.05, 3.63) is 36.5 Å². The molecular formula is C85H163NO5. The highest BCUT2D eigenvalue weighted by Crippen LogP contribution is 2.20. The van der Waals surface area contributed by atoms with Gasteiger partial charge >= 0.3 is 5.97 Å². The summed E-state index contributed by atoms with van der Waals surface area (Å²) in [6, 6.07) is -0.627. The van der Waals surface area contributed by atoms with Crippen LogP contribution in [0.2, 0.25) is 0 Å². The van der Waals surface area contributed by atoms with E-state index in [0.29, 0.717) is 19.4 Å². The van der Waals surface area contributed by atoms with Gasteiger partial charge < -0.3 is 20.3 Å². The zero-order valence-corrected chi connectivity index (χ0v) is 61.9. The van der Waals surface area contributed by atoms with Crippen LogP contribution in [0.1, 0.15) is 470 Å². The number of rotatable bonds is 79. The molecule has 0 spiro atoms. The van der Waals surface area contributed by atoms with Crippen molar-refractivity contribution in [2.75, 3.05) is 13.2 Å². The van der Waals surface area contributed by atoms with Gasteiger partial charge in [-0.05, 0) is 83.5 Å². The van der Waals surface area contributed by atoms with Gasteiger partial charge in [-0.3, -0.25) is 9.59 Å². The quantitative estimate of drug-likeness (QED) is 0.0320. The van der Waals surface area contributed by atoms with Gasteiger partial charge in [0.05, 0.1) is 25.4 Å². The highest BCUT2D eigenvalue weighted by molar-refractivity contribution is 5.76. The van der Waals surface area contributed by atoms with Gasteiger partial charge in [0.2, 0.25) is 5.91 Å². The predicted octanol–water partition coefficient (Wildman–Crippen LogP) is 27.8. The van der Waals surface area contributed by atoms with E-state index >= 15 is 0 Å². The summed E-state index contributed by atoms with van der Waals surface area (Å²) in [4.78, 5) is 24.6. The maximum absolute atomic E-state index is 12.6. The van der Waals surface area contributed by atoms with E-state index in [9.17, 15) is 19.8 Å². The van der Waals surface area contributed by atoms with E-state index in [1.54, 1.807) is 6.08 Å². The van der Waals surface area contributed by atoms with E-state index in [0.717, 1.165) is 44.9 Å². The Morgan fingerprint density at radius 2 is 0.516 bits per heavy atom. The van der Waals surface area contributed by atoms with Gasteiger partial charge in [0.25, 0.3) is 0 Å². The molecule has 0 fully saturated rings. The van der Waals surface area contributed by atoms with Crippen molar-refractivity contribution in [2.45, 2.75) is 482 Å². The number of amides is 1. The van der Waals surface area contributed by atoms with Crippen LogP contribution in [0.3, 0.4) is 0 Å². The molecule has 538 valence electrons. The average Bonchev–Trinajstić information content (AvgIpc) is 3.58. The molecule has 0 radical (unpaired) electrons. The van der Waals surface area contributed by atoms with Crippen molar-refractivity contribution < 1.29 is 24.5 Å². The van der Waals surface area contributed by atoms with Gasteiger partial charge in [-0.1, -0.05) is 410 Å². The molecule has 0 aromatic rings. The molecule has 0 saturated heterocycles. The number of hydrogen-bond donors (Lipinski definition) is 3. The van der Waals surface area contributed by atoms with E-state index < -0.39 is 12.1 Å². The first kappa shape index (κ1) is 89.1. The van der Waals surface area contributed by atoms with Crippen LogP contribution in [0.5, 0.6) is 0 Å². The molecule has 0 saturated carbocycles. The van der Waals surface area contributed by atoms with Crippen LogP contribution >= 0.6 is 0 Å². The monoisotopic (exact) mass is 1280 g/mol. The molecule has 6 nitrogen and oxygen atoms in total. The molecule has 1 amide bonds. The summed E-state index contributed by atoms with van der Waals surface area (Å²) in [5, 5.41) is 23.3. The molecule has 6 heteroatoms. The van der Waals surface area contributed by atoms with Gasteiger partial charge in [0, 0.05) is 12.8 Å². The number of unbranched alkanes of at least 4 members (excludes halogenated alkanes) is 64. The van der Waals surface area contributed by atoms with Gasteiger partial charge in [-0.2, -0.15) is 0 Å². The Balaban J connectivity index is 3.36. The predicted molar refractivity (Wildman–Crippen MR) is 403 cm³/mol. The SMILES string of the molecule is CCCCC/C=C\CCCCCCCC(=O)OCCCCCCCCCCCCCCCCCC/C=C\CCCCCCCCCCCCCCCCCCCC(=O)NC(CO)C(O)/C=C/CCCCCCCCCCCCCCCCCCCCCCCCC.